The predicted octanol–water partition coefficient (Wildman–Crippen LogP) is 1.72. The first kappa shape index (κ1) is 15.4. The number of hydrogen-bond acceptors (Lipinski definition) is 3. The lowest BCUT2D eigenvalue weighted by molar-refractivity contribution is -0.122. The number of rotatable bonds is 4. The number of ether oxygens (including phenoxy) is 1. The SMILES string of the molecule is CNC(=O)NNC(=O)CCOc1ccc(Cl)cc1Cl. The molecule has 8 heteroatoms. The molecule has 0 radical (unpaired) electrons. The molecule has 0 aromatic heterocycles. The minimum Gasteiger partial charge on any atom is -0.491 e. The van der Waals surface area contributed by atoms with Gasteiger partial charge in [0.05, 0.1) is 18.1 Å². The van der Waals surface area contributed by atoms with Crippen molar-refractivity contribution in [2.24, 2.45) is 0 Å². The van der Waals surface area contributed by atoms with E-state index in [2.05, 4.69) is 16.2 Å². The van der Waals surface area contributed by atoms with Gasteiger partial charge in [-0.3, -0.25) is 10.2 Å². The largest absolute Gasteiger partial charge is 0.491 e. The second-order valence-electron chi connectivity index (χ2n) is 3.43. The van der Waals surface area contributed by atoms with Crippen LogP contribution in [0.5, 0.6) is 5.75 Å². The second-order valence-corrected chi connectivity index (χ2v) is 4.27. The van der Waals surface area contributed by atoms with Crippen LogP contribution in [0.4, 0.5) is 4.79 Å². The summed E-state index contributed by atoms with van der Waals surface area (Å²) in [5.74, 6) is 0.0619. The molecule has 6 nitrogen and oxygen atoms in total. The Morgan fingerprint density at radius 3 is 2.63 bits per heavy atom. The van der Waals surface area contributed by atoms with Crippen LogP contribution < -0.4 is 20.9 Å². The van der Waals surface area contributed by atoms with Gasteiger partial charge in [0, 0.05) is 12.1 Å². The molecular formula is C11H13Cl2N3O3. The van der Waals surface area contributed by atoms with Gasteiger partial charge in [-0.15, -0.1) is 0 Å². The van der Waals surface area contributed by atoms with Gasteiger partial charge < -0.3 is 10.1 Å². The van der Waals surface area contributed by atoms with E-state index in [1.54, 1.807) is 18.2 Å². The molecule has 1 aromatic carbocycles. The summed E-state index contributed by atoms with van der Waals surface area (Å²) >= 11 is 11.6. The normalized spacial score (nSPS) is 9.63. The van der Waals surface area contributed by atoms with Gasteiger partial charge in [-0.05, 0) is 18.2 Å². The molecule has 0 unspecified atom stereocenters. The molecule has 0 saturated heterocycles. The van der Waals surface area contributed by atoms with Crippen molar-refractivity contribution in [3.63, 3.8) is 0 Å². The average molecular weight is 306 g/mol. The van der Waals surface area contributed by atoms with Crippen LogP contribution in [0.2, 0.25) is 10.0 Å². The first-order chi connectivity index (χ1) is 9.02. The molecule has 1 aromatic rings. The van der Waals surface area contributed by atoms with Gasteiger partial charge in [0.1, 0.15) is 5.75 Å². The average Bonchev–Trinajstić information content (AvgIpc) is 2.38. The summed E-state index contributed by atoms with van der Waals surface area (Å²) in [5, 5.41) is 3.17. The molecule has 19 heavy (non-hydrogen) atoms. The van der Waals surface area contributed by atoms with Gasteiger partial charge in [0.2, 0.25) is 5.91 Å². The number of amides is 3. The van der Waals surface area contributed by atoms with Crippen molar-refractivity contribution in [3.05, 3.63) is 28.2 Å². The lowest BCUT2D eigenvalue weighted by atomic mass is 10.3. The molecule has 0 aliphatic carbocycles. The van der Waals surface area contributed by atoms with Gasteiger partial charge in [-0.25, -0.2) is 10.2 Å². The Kier molecular flexibility index (Phi) is 6.24. The van der Waals surface area contributed by atoms with E-state index in [1.807, 2.05) is 0 Å². The smallest absolute Gasteiger partial charge is 0.333 e. The van der Waals surface area contributed by atoms with Crippen molar-refractivity contribution in [2.75, 3.05) is 13.7 Å². The van der Waals surface area contributed by atoms with E-state index in [9.17, 15) is 9.59 Å². The highest BCUT2D eigenvalue weighted by Crippen LogP contribution is 2.27. The van der Waals surface area contributed by atoms with Gasteiger partial charge in [-0.1, -0.05) is 23.2 Å². The van der Waals surface area contributed by atoms with Gasteiger partial charge in [0.25, 0.3) is 0 Å². The first-order valence-electron chi connectivity index (χ1n) is 5.37. The third kappa shape index (κ3) is 5.67. The number of benzene rings is 1. The standard InChI is InChI=1S/C11H13Cl2N3O3/c1-14-11(18)16-15-10(17)4-5-19-9-3-2-7(12)6-8(9)13/h2-3,6H,4-5H2,1H3,(H,15,17)(H2,14,16,18). The van der Waals surface area contributed by atoms with Crippen LogP contribution in [0.1, 0.15) is 6.42 Å². The van der Waals surface area contributed by atoms with E-state index in [1.165, 1.54) is 7.05 Å². The van der Waals surface area contributed by atoms with E-state index in [0.29, 0.717) is 15.8 Å². The lowest BCUT2D eigenvalue weighted by Crippen LogP contribution is -2.46. The quantitative estimate of drug-likeness (QED) is 0.741. The molecule has 0 fully saturated rings. The molecule has 3 N–H and O–H groups in total. The molecule has 1 rings (SSSR count). The molecule has 0 aliphatic heterocycles. The monoisotopic (exact) mass is 305 g/mol. The molecule has 0 bridgehead atoms. The minimum absolute atomic E-state index is 0.0724. The molecule has 104 valence electrons. The van der Waals surface area contributed by atoms with Crippen molar-refractivity contribution in [1.82, 2.24) is 16.2 Å². The number of urea groups is 1. The highest BCUT2D eigenvalue weighted by molar-refractivity contribution is 6.35. The Labute approximate surface area is 120 Å². The number of hydrazine groups is 1. The summed E-state index contributed by atoms with van der Waals surface area (Å²) in [4.78, 5) is 22.1. The maximum Gasteiger partial charge on any atom is 0.333 e. The Hall–Kier alpha value is -1.66. The zero-order valence-corrected chi connectivity index (χ0v) is 11.6. The lowest BCUT2D eigenvalue weighted by Gasteiger charge is -2.09. The molecule has 0 atom stereocenters. The summed E-state index contributed by atoms with van der Waals surface area (Å²) in [6.07, 6.45) is 0.0724. The van der Waals surface area contributed by atoms with Crippen molar-refractivity contribution in [1.29, 1.82) is 0 Å². The van der Waals surface area contributed by atoms with Crippen LogP contribution in [0, 0.1) is 0 Å². The van der Waals surface area contributed by atoms with Crippen LogP contribution in [0.3, 0.4) is 0 Å². The predicted molar refractivity (Wildman–Crippen MR) is 72.3 cm³/mol. The van der Waals surface area contributed by atoms with Gasteiger partial charge in [-0.2, -0.15) is 0 Å². The Bertz CT molecular complexity index is 468. The van der Waals surface area contributed by atoms with Gasteiger partial charge in [0.15, 0.2) is 0 Å². The topological polar surface area (TPSA) is 79.5 Å². The fraction of sp³-hybridized carbons (Fsp3) is 0.273. The summed E-state index contributed by atoms with van der Waals surface area (Å²) in [6.45, 7) is 0.128. The Balaban J connectivity index is 2.30. The van der Waals surface area contributed by atoms with Crippen LogP contribution in [0.25, 0.3) is 0 Å². The maximum atomic E-state index is 11.3. The second kappa shape index (κ2) is 7.70. The fourth-order valence-corrected chi connectivity index (χ4v) is 1.56. The van der Waals surface area contributed by atoms with E-state index in [-0.39, 0.29) is 18.9 Å². The fourth-order valence-electron chi connectivity index (χ4n) is 1.10. The van der Waals surface area contributed by atoms with Crippen LogP contribution in [-0.2, 0) is 4.79 Å². The first-order valence-corrected chi connectivity index (χ1v) is 6.13. The Morgan fingerprint density at radius 1 is 1.26 bits per heavy atom. The highest BCUT2D eigenvalue weighted by Gasteiger charge is 2.05. The Morgan fingerprint density at radius 2 is 2.00 bits per heavy atom. The van der Waals surface area contributed by atoms with Crippen molar-refractivity contribution >= 4 is 35.1 Å². The number of hydrogen-bond donors (Lipinski definition) is 3. The van der Waals surface area contributed by atoms with Crippen molar-refractivity contribution < 1.29 is 14.3 Å². The highest BCUT2D eigenvalue weighted by atomic mass is 35.5. The zero-order chi connectivity index (χ0) is 14.3. The van der Waals surface area contributed by atoms with E-state index in [0.717, 1.165) is 0 Å². The summed E-state index contributed by atoms with van der Waals surface area (Å²) in [5.41, 5.74) is 4.36. The summed E-state index contributed by atoms with van der Waals surface area (Å²) in [7, 11) is 1.44. The third-order valence-electron chi connectivity index (χ3n) is 2.02. The number of nitrogens with one attached hydrogen (secondary N) is 3. The molecule has 3 amide bonds. The van der Waals surface area contributed by atoms with Crippen LogP contribution >= 0.6 is 23.2 Å². The van der Waals surface area contributed by atoms with E-state index >= 15 is 0 Å². The number of carbonyl (C=O) groups is 2. The van der Waals surface area contributed by atoms with Crippen LogP contribution in [0.15, 0.2) is 18.2 Å². The van der Waals surface area contributed by atoms with Gasteiger partial charge >= 0.3 is 6.03 Å². The number of halogens is 2. The molecule has 0 saturated carbocycles. The van der Waals surface area contributed by atoms with E-state index in [4.69, 9.17) is 27.9 Å². The maximum absolute atomic E-state index is 11.3. The van der Waals surface area contributed by atoms with Crippen LogP contribution in [-0.4, -0.2) is 25.6 Å². The molecule has 0 spiro atoms. The van der Waals surface area contributed by atoms with Crippen molar-refractivity contribution in [3.8, 4) is 5.75 Å². The summed E-state index contributed by atoms with van der Waals surface area (Å²) in [6, 6.07) is 4.29. The molecule has 0 aliphatic rings. The third-order valence-corrected chi connectivity index (χ3v) is 2.55. The molecule has 0 heterocycles. The molecular weight excluding hydrogens is 293 g/mol. The van der Waals surface area contributed by atoms with Crippen molar-refractivity contribution in [2.45, 2.75) is 6.42 Å². The minimum atomic E-state index is -0.505. The summed E-state index contributed by atoms with van der Waals surface area (Å²) < 4.78 is 5.32. The zero-order valence-electron chi connectivity index (χ0n) is 10.1. The van der Waals surface area contributed by atoms with E-state index < -0.39 is 6.03 Å². The number of carbonyl (C=O) groups excluding carboxylic acids is 2.